The van der Waals surface area contributed by atoms with E-state index in [4.69, 9.17) is 21.3 Å². The number of ether oxygens (including phenoxy) is 1. The highest BCUT2D eigenvalue weighted by Gasteiger charge is 2.23. The lowest BCUT2D eigenvalue weighted by Crippen LogP contribution is -2.29. The monoisotopic (exact) mass is 662 g/mol. The molecule has 1 heterocycles. The highest BCUT2D eigenvalue weighted by atomic mass is 79.9. The predicted molar refractivity (Wildman–Crippen MR) is 155 cm³/mol. The second kappa shape index (κ2) is 11.3. The van der Waals surface area contributed by atoms with Gasteiger partial charge in [0.15, 0.2) is 12.4 Å². The van der Waals surface area contributed by atoms with E-state index in [0.29, 0.717) is 32.5 Å². The van der Waals surface area contributed by atoms with Gasteiger partial charge in [0.1, 0.15) is 11.6 Å². The van der Waals surface area contributed by atoms with Gasteiger partial charge < -0.3 is 10.1 Å². The van der Waals surface area contributed by atoms with Crippen molar-refractivity contribution in [3.63, 3.8) is 0 Å². The summed E-state index contributed by atoms with van der Waals surface area (Å²) in [6.45, 7) is 5.52. The zero-order valence-corrected chi connectivity index (χ0v) is 24.5. The molecule has 3 aromatic carbocycles. The number of nitrogens with zero attached hydrogens (tertiary/aromatic N) is 3. The maximum absolute atomic E-state index is 13.3. The van der Waals surface area contributed by atoms with Gasteiger partial charge >= 0.3 is 0 Å². The van der Waals surface area contributed by atoms with Gasteiger partial charge in [-0.05, 0) is 70.0 Å². The summed E-state index contributed by atoms with van der Waals surface area (Å²) >= 11 is 13.2. The largest absolute Gasteiger partial charge is 0.481 e. The van der Waals surface area contributed by atoms with E-state index >= 15 is 0 Å². The zero-order valence-electron chi connectivity index (χ0n) is 20.6. The van der Waals surface area contributed by atoms with Crippen molar-refractivity contribution >= 4 is 72.2 Å². The predicted octanol–water partition coefficient (Wildman–Crippen LogP) is 6.91. The fraction of sp³-hybridized carbons (Fsp3) is 0.185. The lowest BCUT2D eigenvalue weighted by Gasteiger charge is -2.20. The molecule has 0 fully saturated rings. The summed E-state index contributed by atoms with van der Waals surface area (Å²) in [5.41, 5.74) is 0.727. The normalized spacial score (nSPS) is 11.8. The number of hydrogen-bond donors (Lipinski definition) is 1. The first-order chi connectivity index (χ1) is 17.9. The molecule has 0 aliphatic heterocycles. The molecule has 0 aliphatic carbocycles. The average molecular weight is 665 g/mol. The van der Waals surface area contributed by atoms with Crippen LogP contribution >= 0.6 is 43.5 Å². The third kappa shape index (κ3) is 6.48. The SMILES string of the molecule is CC(C)(C)c1nc2ccc(Br)cc2c(=O)n1N=Cc1cc(Cl)c(OCC(=O)Nc2cccc(F)c2)c(Br)c1. The van der Waals surface area contributed by atoms with E-state index in [2.05, 4.69) is 42.3 Å². The molecule has 38 heavy (non-hydrogen) atoms. The van der Waals surface area contributed by atoms with Crippen molar-refractivity contribution in [2.45, 2.75) is 26.2 Å². The number of halogens is 4. The van der Waals surface area contributed by atoms with Crippen LogP contribution in [0.5, 0.6) is 5.75 Å². The van der Waals surface area contributed by atoms with Gasteiger partial charge in [0.2, 0.25) is 0 Å². The molecular formula is C27H22Br2ClFN4O3. The van der Waals surface area contributed by atoms with E-state index in [0.717, 1.165) is 4.47 Å². The topological polar surface area (TPSA) is 85.6 Å². The second-order valence-corrected chi connectivity index (χ2v) is 11.5. The Balaban J connectivity index is 1.58. The number of anilines is 1. The Labute approximate surface area is 239 Å². The molecule has 1 N–H and O–H groups in total. The molecule has 0 radical (unpaired) electrons. The number of hydrogen-bond acceptors (Lipinski definition) is 5. The van der Waals surface area contributed by atoms with Crippen molar-refractivity contribution in [1.82, 2.24) is 9.66 Å². The van der Waals surface area contributed by atoms with Crippen LogP contribution in [0.3, 0.4) is 0 Å². The Morgan fingerprint density at radius 1 is 1.18 bits per heavy atom. The molecule has 0 saturated carbocycles. The summed E-state index contributed by atoms with van der Waals surface area (Å²) in [4.78, 5) is 30.3. The highest BCUT2D eigenvalue weighted by Crippen LogP contribution is 2.34. The quantitative estimate of drug-likeness (QED) is 0.227. The molecule has 7 nitrogen and oxygen atoms in total. The smallest absolute Gasteiger partial charge is 0.282 e. The van der Waals surface area contributed by atoms with Crippen LogP contribution < -0.4 is 15.6 Å². The maximum atomic E-state index is 13.3. The first-order valence-electron chi connectivity index (χ1n) is 11.4. The van der Waals surface area contributed by atoms with Crippen LogP contribution in [0.4, 0.5) is 10.1 Å². The number of carbonyl (C=O) groups is 1. The lowest BCUT2D eigenvalue weighted by molar-refractivity contribution is -0.118. The molecule has 0 unspecified atom stereocenters. The summed E-state index contributed by atoms with van der Waals surface area (Å²) in [5.74, 6) is -0.185. The van der Waals surface area contributed by atoms with Crippen LogP contribution in [-0.4, -0.2) is 28.4 Å². The van der Waals surface area contributed by atoms with Crippen LogP contribution in [0.1, 0.15) is 32.2 Å². The molecule has 0 bridgehead atoms. The Morgan fingerprint density at radius 2 is 1.95 bits per heavy atom. The van der Waals surface area contributed by atoms with Crippen molar-refractivity contribution < 1.29 is 13.9 Å². The first-order valence-corrected chi connectivity index (χ1v) is 13.3. The van der Waals surface area contributed by atoms with Crippen molar-refractivity contribution in [3.05, 3.63) is 96.1 Å². The van der Waals surface area contributed by atoms with Crippen LogP contribution in [0.15, 0.2) is 73.4 Å². The summed E-state index contributed by atoms with van der Waals surface area (Å²) < 4.78 is 21.5. The molecule has 196 valence electrons. The van der Waals surface area contributed by atoms with E-state index in [-0.39, 0.29) is 22.9 Å². The molecule has 0 atom stereocenters. The minimum absolute atomic E-state index is 0.225. The van der Waals surface area contributed by atoms with Crippen LogP contribution in [-0.2, 0) is 10.2 Å². The van der Waals surface area contributed by atoms with Crippen LogP contribution in [0.25, 0.3) is 10.9 Å². The second-order valence-electron chi connectivity index (χ2n) is 9.37. The zero-order chi connectivity index (χ0) is 27.6. The molecule has 11 heteroatoms. The van der Waals surface area contributed by atoms with Gasteiger partial charge in [-0.15, -0.1) is 0 Å². The minimum atomic E-state index is -0.478. The fourth-order valence-electron chi connectivity index (χ4n) is 3.56. The third-order valence-corrected chi connectivity index (χ3v) is 6.64. The lowest BCUT2D eigenvalue weighted by atomic mass is 9.95. The number of fused-ring (bicyclic) bond motifs is 1. The van der Waals surface area contributed by atoms with E-state index in [1.54, 1.807) is 30.3 Å². The van der Waals surface area contributed by atoms with Gasteiger partial charge in [-0.2, -0.15) is 9.78 Å². The fourth-order valence-corrected chi connectivity index (χ4v) is 4.91. The summed E-state index contributed by atoms with van der Waals surface area (Å²) in [6.07, 6.45) is 1.50. The molecule has 1 aromatic heterocycles. The van der Waals surface area contributed by atoms with E-state index in [9.17, 15) is 14.0 Å². The molecule has 0 aliphatic rings. The molecule has 0 spiro atoms. The number of benzene rings is 3. The van der Waals surface area contributed by atoms with Crippen molar-refractivity contribution in [2.75, 3.05) is 11.9 Å². The number of aromatic nitrogens is 2. The maximum Gasteiger partial charge on any atom is 0.282 e. The van der Waals surface area contributed by atoms with Crippen molar-refractivity contribution in [3.8, 4) is 5.75 Å². The Hall–Kier alpha value is -3.08. The van der Waals surface area contributed by atoms with Gasteiger partial charge in [0, 0.05) is 15.6 Å². The molecule has 0 saturated heterocycles. The summed E-state index contributed by atoms with van der Waals surface area (Å²) in [5, 5.41) is 7.66. The summed E-state index contributed by atoms with van der Waals surface area (Å²) in [6, 6.07) is 14.2. The number of nitrogens with one attached hydrogen (secondary N) is 1. The molecule has 4 aromatic rings. The summed E-state index contributed by atoms with van der Waals surface area (Å²) in [7, 11) is 0. The van der Waals surface area contributed by atoms with Gasteiger partial charge in [0.05, 0.1) is 26.6 Å². The van der Waals surface area contributed by atoms with Crippen LogP contribution in [0, 0.1) is 5.82 Å². The minimum Gasteiger partial charge on any atom is -0.481 e. The molecule has 1 amide bonds. The van der Waals surface area contributed by atoms with Crippen LogP contribution in [0.2, 0.25) is 5.02 Å². The highest BCUT2D eigenvalue weighted by molar-refractivity contribution is 9.10. The van der Waals surface area contributed by atoms with Gasteiger partial charge in [-0.3, -0.25) is 9.59 Å². The van der Waals surface area contributed by atoms with E-state index in [1.807, 2.05) is 26.8 Å². The Bertz CT molecular complexity index is 1610. The molecule has 4 rings (SSSR count). The number of carbonyl (C=O) groups excluding carboxylic acids is 1. The Kier molecular flexibility index (Phi) is 8.34. The van der Waals surface area contributed by atoms with E-state index < -0.39 is 17.1 Å². The number of rotatable bonds is 6. The third-order valence-electron chi connectivity index (χ3n) is 5.28. The van der Waals surface area contributed by atoms with Crippen molar-refractivity contribution in [1.29, 1.82) is 0 Å². The van der Waals surface area contributed by atoms with Gasteiger partial charge in [-0.25, -0.2) is 9.37 Å². The molecular weight excluding hydrogens is 643 g/mol. The van der Waals surface area contributed by atoms with E-state index in [1.165, 1.54) is 29.1 Å². The number of amides is 1. The average Bonchev–Trinajstić information content (AvgIpc) is 2.82. The first kappa shape index (κ1) is 27.9. The van der Waals surface area contributed by atoms with Gasteiger partial charge in [-0.1, -0.05) is 54.4 Å². The Morgan fingerprint density at radius 3 is 2.63 bits per heavy atom. The van der Waals surface area contributed by atoms with Crippen molar-refractivity contribution in [2.24, 2.45) is 5.10 Å². The van der Waals surface area contributed by atoms with Gasteiger partial charge in [0.25, 0.3) is 11.5 Å². The standard InChI is InChI=1S/C27H22Br2ClFN4O3/c1-27(2,3)26-34-22-8-7-16(28)11-19(22)25(37)35(26)32-13-15-9-20(29)24(21(30)10-15)38-14-23(36)33-18-6-4-5-17(31)12-18/h4-13H,14H2,1-3H3,(H,33,36).